The number of sulfonamides is 1. The summed E-state index contributed by atoms with van der Waals surface area (Å²) in [4.78, 5) is -0.363. The normalized spacial score (nSPS) is 12.4. The van der Waals surface area contributed by atoms with Crippen molar-refractivity contribution in [3.8, 4) is 0 Å². The molecule has 0 saturated heterocycles. The van der Waals surface area contributed by atoms with Crippen LogP contribution in [0.5, 0.6) is 0 Å². The standard InChI is InChI=1S/C14H22ClFN2O2S/c1-5-17-9-11-7-12(15)8-13(14(11)16)21(19,20)18(6-2)10(3)4/h7-8,10,17H,5-6,9H2,1-4H3. The lowest BCUT2D eigenvalue weighted by molar-refractivity contribution is 0.366. The topological polar surface area (TPSA) is 49.4 Å². The average molecular weight is 337 g/mol. The van der Waals surface area contributed by atoms with E-state index in [-0.39, 0.29) is 34.6 Å². The first-order chi connectivity index (χ1) is 9.75. The van der Waals surface area contributed by atoms with Gasteiger partial charge in [0.1, 0.15) is 10.7 Å². The van der Waals surface area contributed by atoms with Crippen molar-refractivity contribution in [3.63, 3.8) is 0 Å². The molecule has 0 unspecified atom stereocenters. The maximum atomic E-state index is 14.5. The molecule has 1 aromatic carbocycles. The number of hydrogen-bond donors (Lipinski definition) is 1. The van der Waals surface area contributed by atoms with Gasteiger partial charge in [-0.05, 0) is 32.5 Å². The summed E-state index contributed by atoms with van der Waals surface area (Å²) in [6, 6.07) is 2.37. The van der Waals surface area contributed by atoms with Crippen molar-refractivity contribution in [1.29, 1.82) is 0 Å². The number of nitrogens with one attached hydrogen (secondary N) is 1. The van der Waals surface area contributed by atoms with Gasteiger partial charge in [0, 0.05) is 29.7 Å². The van der Waals surface area contributed by atoms with Gasteiger partial charge in [0.05, 0.1) is 0 Å². The first-order valence-electron chi connectivity index (χ1n) is 6.96. The largest absolute Gasteiger partial charge is 0.313 e. The number of rotatable bonds is 7. The third-order valence-electron chi connectivity index (χ3n) is 3.12. The minimum Gasteiger partial charge on any atom is -0.313 e. The van der Waals surface area contributed by atoms with Crippen LogP contribution in [0.4, 0.5) is 4.39 Å². The molecule has 0 spiro atoms. The van der Waals surface area contributed by atoms with Gasteiger partial charge in [-0.15, -0.1) is 0 Å². The second-order valence-electron chi connectivity index (χ2n) is 4.96. The molecule has 0 fully saturated rings. The van der Waals surface area contributed by atoms with E-state index in [1.54, 1.807) is 20.8 Å². The van der Waals surface area contributed by atoms with Gasteiger partial charge in [0.15, 0.2) is 0 Å². The summed E-state index contributed by atoms with van der Waals surface area (Å²) in [5, 5.41) is 3.18. The van der Waals surface area contributed by atoms with Crippen LogP contribution in [0, 0.1) is 5.82 Å². The van der Waals surface area contributed by atoms with E-state index in [4.69, 9.17) is 11.6 Å². The first-order valence-corrected chi connectivity index (χ1v) is 8.77. The quantitative estimate of drug-likeness (QED) is 0.832. The van der Waals surface area contributed by atoms with Crippen LogP contribution in [0.25, 0.3) is 0 Å². The summed E-state index contributed by atoms with van der Waals surface area (Å²) in [5.41, 5.74) is 0.253. The third kappa shape index (κ3) is 4.16. The lowest BCUT2D eigenvalue weighted by Crippen LogP contribution is -2.37. The molecule has 0 aliphatic heterocycles. The number of halogens is 2. The second kappa shape index (κ2) is 7.54. The predicted octanol–water partition coefficient (Wildman–Crippen LogP) is 3.01. The van der Waals surface area contributed by atoms with Crippen LogP contribution < -0.4 is 5.32 Å². The van der Waals surface area contributed by atoms with Gasteiger partial charge in [0.25, 0.3) is 0 Å². The molecule has 1 rings (SSSR count). The van der Waals surface area contributed by atoms with E-state index in [0.717, 1.165) is 0 Å². The molecule has 1 N–H and O–H groups in total. The number of hydrogen-bond acceptors (Lipinski definition) is 3. The van der Waals surface area contributed by atoms with Crippen LogP contribution in [0.15, 0.2) is 17.0 Å². The monoisotopic (exact) mass is 336 g/mol. The van der Waals surface area contributed by atoms with E-state index in [9.17, 15) is 12.8 Å². The smallest absolute Gasteiger partial charge is 0.246 e. The Hall–Kier alpha value is -0.690. The van der Waals surface area contributed by atoms with Crippen LogP contribution in [0.2, 0.25) is 5.02 Å². The highest BCUT2D eigenvalue weighted by molar-refractivity contribution is 7.89. The van der Waals surface area contributed by atoms with Crippen LogP contribution in [0.1, 0.15) is 33.3 Å². The van der Waals surface area contributed by atoms with E-state index in [0.29, 0.717) is 6.54 Å². The Kier molecular flexibility index (Phi) is 6.59. The molecule has 0 aromatic heterocycles. The Morgan fingerprint density at radius 3 is 2.43 bits per heavy atom. The molecule has 0 radical (unpaired) electrons. The zero-order valence-electron chi connectivity index (χ0n) is 12.8. The van der Waals surface area contributed by atoms with Crippen molar-refractivity contribution >= 4 is 21.6 Å². The SMILES string of the molecule is CCNCc1cc(Cl)cc(S(=O)(=O)N(CC)C(C)C)c1F. The van der Waals surface area contributed by atoms with E-state index >= 15 is 0 Å². The van der Waals surface area contributed by atoms with Crippen LogP contribution in [0.3, 0.4) is 0 Å². The molecule has 0 aliphatic rings. The summed E-state index contributed by atoms with van der Waals surface area (Å²) < 4.78 is 41.0. The molecular formula is C14H22ClFN2O2S. The average Bonchev–Trinajstić information content (AvgIpc) is 2.39. The Labute approximate surface area is 131 Å². The van der Waals surface area contributed by atoms with Crippen molar-refractivity contribution in [2.45, 2.75) is 45.2 Å². The maximum Gasteiger partial charge on any atom is 0.246 e. The van der Waals surface area contributed by atoms with Crippen LogP contribution in [-0.4, -0.2) is 31.9 Å². The van der Waals surface area contributed by atoms with Gasteiger partial charge in [-0.25, -0.2) is 12.8 Å². The molecule has 120 valence electrons. The molecule has 1 aromatic rings. The zero-order chi connectivity index (χ0) is 16.2. The van der Waals surface area contributed by atoms with Gasteiger partial charge >= 0.3 is 0 Å². The molecule has 4 nitrogen and oxygen atoms in total. The predicted molar refractivity (Wildman–Crippen MR) is 83.5 cm³/mol. The lowest BCUT2D eigenvalue weighted by Gasteiger charge is -2.25. The van der Waals surface area contributed by atoms with Crippen LogP contribution in [-0.2, 0) is 16.6 Å². The highest BCUT2D eigenvalue weighted by Gasteiger charge is 2.29. The summed E-state index contributed by atoms with van der Waals surface area (Å²) in [5.74, 6) is -0.737. The van der Waals surface area contributed by atoms with E-state index in [1.807, 2.05) is 6.92 Å². The van der Waals surface area contributed by atoms with Gasteiger partial charge < -0.3 is 5.32 Å². The van der Waals surface area contributed by atoms with Crippen molar-refractivity contribution in [1.82, 2.24) is 9.62 Å². The molecule has 21 heavy (non-hydrogen) atoms. The Morgan fingerprint density at radius 1 is 1.33 bits per heavy atom. The summed E-state index contributed by atoms with van der Waals surface area (Å²) in [6.45, 7) is 8.28. The van der Waals surface area contributed by atoms with E-state index in [2.05, 4.69) is 5.32 Å². The summed E-state index contributed by atoms with van der Waals surface area (Å²) in [7, 11) is -3.90. The second-order valence-corrected chi connectivity index (χ2v) is 7.25. The number of nitrogens with zero attached hydrogens (tertiary/aromatic N) is 1. The summed E-state index contributed by atoms with van der Waals surface area (Å²) in [6.07, 6.45) is 0. The van der Waals surface area contributed by atoms with Crippen molar-refractivity contribution in [2.75, 3.05) is 13.1 Å². The minimum atomic E-state index is -3.90. The van der Waals surface area contributed by atoms with Crippen molar-refractivity contribution < 1.29 is 12.8 Å². The van der Waals surface area contributed by atoms with Crippen molar-refractivity contribution in [3.05, 3.63) is 28.5 Å². The molecule has 7 heteroatoms. The fourth-order valence-corrected chi connectivity index (χ4v) is 4.22. The Bertz CT molecular complexity index is 591. The van der Waals surface area contributed by atoms with E-state index in [1.165, 1.54) is 16.4 Å². The first kappa shape index (κ1) is 18.4. The molecule has 0 saturated carbocycles. The molecule has 0 aliphatic carbocycles. The van der Waals surface area contributed by atoms with Gasteiger partial charge in [-0.2, -0.15) is 4.31 Å². The zero-order valence-corrected chi connectivity index (χ0v) is 14.4. The molecular weight excluding hydrogens is 315 g/mol. The minimum absolute atomic E-state index is 0.211. The van der Waals surface area contributed by atoms with Crippen LogP contribution >= 0.6 is 11.6 Å². The molecule has 0 atom stereocenters. The molecule has 0 bridgehead atoms. The van der Waals surface area contributed by atoms with Crippen molar-refractivity contribution in [2.24, 2.45) is 0 Å². The lowest BCUT2D eigenvalue weighted by atomic mass is 10.2. The maximum absolute atomic E-state index is 14.5. The third-order valence-corrected chi connectivity index (χ3v) is 5.49. The molecule has 0 amide bonds. The fraction of sp³-hybridized carbons (Fsp3) is 0.571. The highest BCUT2D eigenvalue weighted by Crippen LogP contribution is 2.27. The fourth-order valence-electron chi connectivity index (χ4n) is 2.13. The molecule has 0 heterocycles. The van der Waals surface area contributed by atoms with Gasteiger partial charge in [0.2, 0.25) is 10.0 Å². The summed E-state index contributed by atoms with van der Waals surface area (Å²) >= 11 is 5.96. The van der Waals surface area contributed by atoms with E-state index < -0.39 is 15.8 Å². The Morgan fingerprint density at radius 2 is 1.95 bits per heavy atom. The Balaban J connectivity index is 3.38. The van der Waals surface area contributed by atoms with Gasteiger partial charge in [-0.3, -0.25) is 0 Å². The van der Waals surface area contributed by atoms with Gasteiger partial charge in [-0.1, -0.05) is 25.4 Å². The highest BCUT2D eigenvalue weighted by atomic mass is 35.5. The number of benzene rings is 1.